The normalized spacial score (nSPS) is 10.7. The van der Waals surface area contributed by atoms with E-state index in [4.69, 9.17) is 0 Å². The lowest BCUT2D eigenvalue weighted by Crippen LogP contribution is -2.27. The Hall–Kier alpha value is -3.09. The van der Waals surface area contributed by atoms with Crippen LogP contribution < -0.4 is 10.9 Å². The second-order valence-electron chi connectivity index (χ2n) is 4.90. The lowest BCUT2D eigenvalue weighted by atomic mass is 10.2. The van der Waals surface area contributed by atoms with Crippen LogP contribution >= 0.6 is 0 Å². The molecule has 3 aromatic rings. The number of carbonyl (C=O) groups is 1. The van der Waals surface area contributed by atoms with Crippen LogP contribution in [-0.2, 0) is 11.3 Å². The van der Waals surface area contributed by atoms with Crippen molar-refractivity contribution in [1.82, 2.24) is 9.55 Å². The van der Waals surface area contributed by atoms with E-state index in [1.807, 2.05) is 0 Å². The number of anilines is 1. The van der Waals surface area contributed by atoms with E-state index < -0.39 is 23.1 Å². The molecule has 7 heteroatoms. The largest absolute Gasteiger partial charge is 0.324 e. The first-order valence-electron chi connectivity index (χ1n) is 6.73. The number of hydrogen-bond donors (Lipinski definition) is 1. The Morgan fingerprint density at radius 3 is 2.70 bits per heavy atom. The molecule has 0 atom stereocenters. The van der Waals surface area contributed by atoms with Crippen LogP contribution in [0.5, 0.6) is 0 Å². The van der Waals surface area contributed by atoms with E-state index in [1.54, 1.807) is 0 Å². The fourth-order valence-corrected chi connectivity index (χ4v) is 2.17. The number of amides is 1. The average Bonchev–Trinajstić information content (AvgIpc) is 2.50. The number of rotatable bonds is 3. The van der Waals surface area contributed by atoms with Crippen LogP contribution in [0.4, 0.5) is 14.5 Å². The Balaban J connectivity index is 1.84. The molecule has 5 nitrogen and oxygen atoms in total. The predicted octanol–water partition coefficient (Wildman–Crippen LogP) is 2.31. The molecular weight excluding hydrogens is 304 g/mol. The quantitative estimate of drug-likeness (QED) is 0.807. The molecule has 0 fully saturated rings. The van der Waals surface area contributed by atoms with Gasteiger partial charge in [-0.3, -0.25) is 14.2 Å². The van der Waals surface area contributed by atoms with Gasteiger partial charge in [-0.2, -0.15) is 0 Å². The topological polar surface area (TPSA) is 64.0 Å². The van der Waals surface area contributed by atoms with Crippen LogP contribution in [0.1, 0.15) is 0 Å². The van der Waals surface area contributed by atoms with E-state index >= 15 is 0 Å². The number of nitrogens with zero attached hydrogens (tertiary/aromatic N) is 2. The van der Waals surface area contributed by atoms with Gasteiger partial charge in [-0.1, -0.05) is 6.07 Å². The van der Waals surface area contributed by atoms with Crippen molar-refractivity contribution in [2.45, 2.75) is 6.54 Å². The van der Waals surface area contributed by atoms with Gasteiger partial charge in [0.05, 0.1) is 17.2 Å². The molecule has 1 aromatic heterocycles. The van der Waals surface area contributed by atoms with Crippen LogP contribution in [-0.4, -0.2) is 15.5 Å². The minimum atomic E-state index is -0.499. The Morgan fingerprint density at radius 1 is 1.13 bits per heavy atom. The third-order valence-corrected chi connectivity index (χ3v) is 3.21. The highest BCUT2D eigenvalue weighted by Crippen LogP contribution is 2.10. The Labute approximate surface area is 129 Å². The number of fused-ring (bicyclic) bond motifs is 1. The second kappa shape index (κ2) is 5.96. The van der Waals surface area contributed by atoms with Gasteiger partial charge < -0.3 is 5.32 Å². The molecule has 1 amide bonds. The Kier molecular flexibility index (Phi) is 3.84. The summed E-state index contributed by atoms with van der Waals surface area (Å²) in [5.41, 5.74) is 0.0556. The molecule has 3 rings (SSSR count). The van der Waals surface area contributed by atoms with Gasteiger partial charge >= 0.3 is 0 Å². The third-order valence-electron chi connectivity index (χ3n) is 3.21. The summed E-state index contributed by atoms with van der Waals surface area (Å²) in [5, 5.41) is 2.70. The monoisotopic (exact) mass is 315 g/mol. The van der Waals surface area contributed by atoms with Crippen molar-refractivity contribution in [3.05, 3.63) is 70.8 Å². The van der Waals surface area contributed by atoms with Crippen LogP contribution in [0.25, 0.3) is 10.9 Å². The van der Waals surface area contributed by atoms with Crippen LogP contribution in [0.2, 0.25) is 0 Å². The van der Waals surface area contributed by atoms with Gasteiger partial charge in [-0.25, -0.2) is 13.8 Å². The van der Waals surface area contributed by atoms with E-state index in [-0.39, 0.29) is 17.4 Å². The fourth-order valence-electron chi connectivity index (χ4n) is 2.17. The van der Waals surface area contributed by atoms with E-state index in [0.29, 0.717) is 5.69 Å². The lowest BCUT2D eigenvalue weighted by Gasteiger charge is -2.08. The molecule has 23 heavy (non-hydrogen) atoms. The van der Waals surface area contributed by atoms with Crippen molar-refractivity contribution in [3.8, 4) is 0 Å². The minimum absolute atomic E-state index is 0.215. The SMILES string of the molecule is O=C(Cn1cnc2cc(F)ccc2c1=O)Nc1cccc(F)c1. The summed E-state index contributed by atoms with van der Waals surface area (Å²) < 4.78 is 27.3. The second-order valence-corrected chi connectivity index (χ2v) is 4.90. The average molecular weight is 315 g/mol. The highest BCUT2D eigenvalue weighted by molar-refractivity contribution is 5.90. The van der Waals surface area contributed by atoms with Gasteiger partial charge in [0, 0.05) is 11.8 Å². The molecule has 0 bridgehead atoms. The number of halogens is 2. The molecule has 0 saturated heterocycles. The summed E-state index contributed by atoms with van der Waals surface area (Å²) in [4.78, 5) is 28.2. The van der Waals surface area contributed by atoms with Gasteiger partial charge in [-0.15, -0.1) is 0 Å². The number of benzene rings is 2. The summed E-state index contributed by atoms with van der Waals surface area (Å²) in [6, 6.07) is 9.04. The maximum Gasteiger partial charge on any atom is 0.261 e. The number of nitrogens with one attached hydrogen (secondary N) is 1. The highest BCUT2D eigenvalue weighted by Gasteiger charge is 2.09. The molecule has 0 unspecified atom stereocenters. The van der Waals surface area contributed by atoms with Crippen molar-refractivity contribution < 1.29 is 13.6 Å². The first-order chi connectivity index (χ1) is 11.0. The van der Waals surface area contributed by atoms with E-state index in [1.165, 1.54) is 36.7 Å². The molecule has 0 saturated carbocycles. The van der Waals surface area contributed by atoms with Crippen LogP contribution in [0.15, 0.2) is 53.6 Å². The summed E-state index contributed by atoms with van der Waals surface area (Å²) >= 11 is 0. The molecule has 0 spiro atoms. The lowest BCUT2D eigenvalue weighted by molar-refractivity contribution is -0.116. The van der Waals surface area contributed by atoms with E-state index in [9.17, 15) is 18.4 Å². The zero-order chi connectivity index (χ0) is 16.4. The Morgan fingerprint density at radius 2 is 1.91 bits per heavy atom. The van der Waals surface area contributed by atoms with Gasteiger partial charge in [0.25, 0.3) is 5.56 Å². The van der Waals surface area contributed by atoms with E-state index in [2.05, 4.69) is 10.3 Å². The van der Waals surface area contributed by atoms with Crippen molar-refractivity contribution in [1.29, 1.82) is 0 Å². The Bertz CT molecular complexity index is 953. The van der Waals surface area contributed by atoms with Gasteiger partial charge in [-0.05, 0) is 30.3 Å². The number of aromatic nitrogens is 2. The van der Waals surface area contributed by atoms with Crippen molar-refractivity contribution in [3.63, 3.8) is 0 Å². The molecule has 0 aliphatic heterocycles. The van der Waals surface area contributed by atoms with Crippen molar-refractivity contribution in [2.24, 2.45) is 0 Å². The highest BCUT2D eigenvalue weighted by atomic mass is 19.1. The summed E-state index contributed by atoms with van der Waals surface area (Å²) in [6.45, 7) is -0.282. The van der Waals surface area contributed by atoms with Gasteiger partial charge in [0.2, 0.25) is 5.91 Å². The first-order valence-corrected chi connectivity index (χ1v) is 6.73. The maximum absolute atomic E-state index is 13.1. The predicted molar refractivity (Wildman–Crippen MR) is 81.0 cm³/mol. The molecule has 1 N–H and O–H groups in total. The summed E-state index contributed by atoms with van der Waals surface area (Å²) in [5.74, 6) is -1.47. The molecule has 0 aliphatic rings. The molecule has 116 valence electrons. The molecule has 2 aromatic carbocycles. The van der Waals surface area contributed by atoms with E-state index in [0.717, 1.165) is 16.7 Å². The maximum atomic E-state index is 13.1. The zero-order valence-electron chi connectivity index (χ0n) is 11.8. The van der Waals surface area contributed by atoms with Crippen molar-refractivity contribution in [2.75, 3.05) is 5.32 Å². The fraction of sp³-hybridized carbons (Fsp3) is 0.0625. The van der Waals surface area contributed by atoms with Gasteiger partial charge in [0.15, 0.2) is 0 Å². The standard InChI is InChI=1S/C16H11F2N3O2/c17-10-2-1-3-12(6-10)20-15(22)8-21-9-19-14-7-11(18)4-5-13(14)16(21)23/h1-7,9H,8H2,(H,20,22). The smallest absolute Gasteiger partial charge is 0.261 e. The van der Waals surface area contributed by atoms with Crippen LogP contribution in [0, 0.1) is 11.6 Å². The minimum Gasteiger partial charge on any atom is -0.324 e. The number of carbonyl (C=O) groups excluding carboxylic acids is 1. The van der Waals surface area contributed by atoms with Crippen LogP contribution in [0.3, 0.4) is 0 Å². The molecular formula is C16H11F2N3O2. The van der Waals surface area contributed by atoms with Gasteiger partial charge in [0.1, 0.15) is 18.2 Å². The first kappa shape index (κ1) is 14.8. The third kappa shape index (κ3) is 3.23. The summed E-state index contributed by atoms with van der Waals surface area (Å²) in [7, 11) is 0. The summed E-state index contributed by atoms with van der Waals surface area (Å²) in [6.07, 6.45) is 1.18. The molecule has 0 radical (unpaired) electrons. The molecule has 1 heterocycles. The van der Waals surface area contributed by atoms with Crippen molar-refractivity contribution >= 4 is 22.5 Å². The molecule has 0 aliphatic carbocycles. The number of hydrogen-bond acceptors (Lipinski definition) is 3. The zero-order valence-corrected chi connectivity index (χ0v) is 11.8.